The number of carboxylic acids is 1. The number of aliphatic carboxylic acids is 1. The van der Waals surface area contributed by atoms with Crippen LogP contribution >= 0.6 is 11.8 Å². The number of hydrogen-bond acceptors (Lipinski definition) is 5. The average Bonchev–Trinajstić information content (AvgIpc) is 2.70. The lowest BCUT2D eigenvalue weighted by Crippen LogP contribution is -2.19. The number of aromatic nitrogens is 4. The number of nitrogens with zero attached hydrogens (tertiary/aromatic N) is 3. The van der Waals surface area contributed by atoms with Crippen LogP contribution < -0.4 is 5.69 Å². The zero-order valence-electron chi connectivity index (χ0n) is 9.24. The highest BCUT2D eigenvalue weighted by atomic mass is 32.2. The maximum atomic E-state index is 11.5. The Balaban J connectivity index is 2.19. The Morgan fingerprint density at radius 2 is 2.33 bits per heavy atom. The predicted molar refractivity (Wildman–Crippen MR) is 64.5 cm³/mol. The Hall–Kier alpha value is -2.09. The van der Waals surface area contributed by atoms with Gasteiger partial charge < -0.3 is 5.11 Å². The minimum absolute atomic E-state index is 0.146. The highest BCUT2D eigenvalue weighted by Crippen LogP contribution is 2.13. The summed E-state index contributed by atoms with van der Waals surface area (Å²) < 4.78 is 1.36. The number of carbonyl (C=O) groups is 1. The fraction of sp³-hybridized carbons (Fsp3) is 0.200. The van der Waals surface area contributed by atoms with Crippen LogP contribution in [0.25, 0.3) is 0 Å². The van der Waals surface area contributed by atoms with E-state index in [1.807, 2.05) is 6.07 Å². The molecule has 0 fully saturated rings. The van der Waals surface area contributed by atoms with Gasteiger partial charge in [-0.3, -0.25) is 14.3 Å². The second-order valence-electron chi connectivity index (χ2n) is 3.40. The zero-order valence-corrected chi connectivity index (χ0v) is 10.1. The lowest BCUT2D eigenvalue weighted by atomic mass is 10.3. The van der Waals surface area contributed by atoms with Crippen molar-refractivity contribution in [2.75, 3.05) is 5.75 Å². The van der Waals surface area contributed by atoms with E-state index in [0.717, 1.165) is 11.8 Å². The van der Waals surface area contributed by atoms with E-state index in [1.165, 1.54) is 4.57 Å². The van der Waals surface area contributed by atoms with Gasteiger partial charge in [-0.2, -0.15) is 0 Å². The lowest BCUT2D eigenvalue weighted by molar-refractivity contribution is -0.133. The average molecular weight is 266 g/mol. The molecule has 0 amide bonds. The minimum Gasteiger partial charge on any atom is -0.481 e. The molecule has 0 aliphatic carbocycles. The first kappa shape index (κ1) is 12.4. The Morgan fingerprint density at radius 1 is 1.50 bits per heavy atom. The Bertz CT molecular complexity index is 593. The topological polar surface area (TPSA) is 101 Å². The van der Waals surface area contributed by atoms with Crippen LogP contribution in [0.5, 0.6) is 0 Å². The molecular formula is C10H10N4O3S. The van der Waals surface area contributed by atoms with E-state index in [0.29, 0.717) is 10.9 Å². The number of hydrogen-bond donors (Lipinski definition) is 2. The summed E-state index contributed by atoms with van der Waals surface area (Å²) in [7, 11) is 0. The smallest absolute Gasteiger partial charge is 0.344 e. The van der Waals surface area contributed by atoms with Gasteiger partial charge in [0.15, 0.2) is 5.16 Å². The van der Waals surface area contributed by atoms with E-state index in [-0.39, 0.29) is 18.0 Å². The van der Waals surface area contributed by atoms with Crippen LogP contribution in [0, 0.1) is 0 Å². The summed E-state index contributed by atoms with van der Waals surface area (Å²) in [6.45, 7) is 0.262. The SMILES string of the molecule is O=C(O)CSc1n[nH]c(=O)n1Cc1ccccn1. The first-order chi connectivity index (χ1) is 8.66. The molecule has 0 saturated carbocycles. The van der Waals surface area contributed by atoms with Crippen molar-refractivity contribution in [3.05, 3.63) is 40.6 Å². The lowest BCUT2D eigenvalue weighted by Gasteiger charge is -2.03. The Morgan fingerprint density at radius 3 is 3.00 bits per heavy atom. The van der Waals surface area contributed by atoms with E-state index < -0.39 is 5.97 Å². The highest BCUT2D eigenvalue weighted by Gasteiger charge is 2.11. The fourth-order valence-electron chi connectivity index (χ4n) is 1.33. The first-order valence-electron chi connectivity index (χ1n) is 5.06. The van der Waals surface area contributed by atoms with Crippen molar-refractivity contribution >= 4 is 17.7 Å². The number of H-pyrrole nitrogens is 1. The van der Waals surface area contributed by atoms with E-state index in [1.54, 1.807) is 18.3 Å². The van der Waals surface area contributed by atoms with E-state index in [2.05, 4.69) is 15.2 Å². The molecule has 0 aliphatic rings. The summed E-state index contributed by atoms with van der Waals surface area (Å²) in [6, 6.07) is 5.38. The molecule has 8 heteroatoms. The van der Waals surface area contributed by atoms with Crippen LogP contribution in [-0.2, 0) is 11.3 Å². The van der Waals surface area contributed by atoms with Crippen LogP contribution in [-0.4, -0.2) is 36.6 Å². The van der Waals surface area contributed by atoms with Gasteiger partial charge in [0.1, 0.15) is 0 Å². The first-order valence-corrected chi connectivity index (χ1v) is 6.05. The van der Waals surface area contributed by atoms with Crippen molar-refractivity contribution in [1.29, 1.82) is 0 Å². The van der Waals surface area contributed by atoms with Crippen molar-refractivity contribution in [3.8, 4) is 0 Å². The van der Waals surface area contributed by atoms with Crippen LogP contribution in [0.3, 0.4) is 0 Å². The van der Waals surface area contributed by atoms with Crippen LogP contribution in [0.1, 0.15) is 5.69 Å². The third-order valence-corrected chi connectivity index (χ3v) is 3.06. The van der Waals surface area contributed by atoms with Gasteiger partial charge >= 0.3 is 11.7 Å². The summed E-state index contributed by atoms with van der Waals surface area (Å²) in [6.07, 6.45) is 1.63. The molecular weight excluding hydrogens is 256 g/mol. The minimum atomic E-state index is -0.958. The second kappa shape index (κ2) is 5.50. The van der Waals surface area contributed by atoms with Crippen molar-refractivity contribution in [2.24, 2.45) is 0 Å². The van der Waals surface area contributed by atoms with E-state index in [4.69, 9.17) is 5.11 Å². The second-order valence-corrected chi connectivity index (χ2v) is 4.34. The molecule has 0 spiro atoms. The molecule has 94 valence electrons. The molecule has 0 radical (unpaired) electrons. The number of aromatic amines is 1. The summed E-state index contributed by atoms with van der Waals surface area (Å²) in [5.41, 5.74) is 0.326. The third-order valence-electron chi connectivity index (χ3n) is 2.09. The largest absolute Gasteiger partial charge is 0.481 e. The van der Waals surface area contributed by atoms with Crippen molar-refractivity contribution < 1.29 is 9.90 Å². The molecule has 0 atom stereocenters. The molecule has 0 bridgehead atoms. The Labute approximate surface area is 106 Å². The fourth-order valence-corrected chi connectivity index (χ4v) is 2.00. The van der Waals surface area contributed by atoms with Gasteiger partial charge in [-0.25, -0.2) is 9.89 Å². The maximum Gasteiger partial charge on any atom is 0.344 e. The van der Waals surface area contributed by atoms with Gasteiger partial charge in [-0.05, 0) is 12.1 Å². The quantitative estimate of drug-likeness (QED) is 0.749. The van der Waals surface area contributed by atoms with Gasteiger partial charge in [0.05, 0.1) is 18.0 Å². The molecule has 2 rings (SSSR count). The molecule has 0 aromatic carbocycles. The monoisotopic (exact) mass is 266 g/mol. The van der Waals surface area contributed by atoms with Gasteiger partial charge in [-0.15, -0.1) is 5.10 Å². The zero-order chi connectivity index (χ0) is 13.0. The molecule has 2 heterocycles. The summed E-state index contributed by atoms with van der Waals surface area (Å²) >= 11 is 0.989. The predicted octanol–water partition coefficient (Wildman–Crippen LogP) is 0.191. The van der Waals surface area contributed by atoms with Crippen LogP contribution in [0.15, 0.2) is 34.3 Å². The number of rotatable bonds is 5. The van der Waals surface area contributed by atoms with Crippen molar-refractivity contribution in [3.63, 3.8) is 0 Å². The molecule has 7 nitrogen and oxygen atoms in total. The standard InChI is InChI=1S/C10H10N4O3S/c15-8(16)6-18-10-13-12-9(17)14(10)5-7-3-1-2-4-11-7/h1-4H,5-6H2,(H,12,17)(H,15,16). The molecule has 18 heavy (non-hydrogen) atoms. The number of thioether (sulfide) groups is 1. The number of carboxylic acid groups (broad SMARTS) is 1. The summed E-state index contributed by atoms with van der Waals surface area (Å²) in [4.78, 5) is 26.1. The molecule has 2 aromatic heterocycles. The maximum absolute atomic E-state index is 11.5. The molecule has 2 aromatic rings. The molecule has 0 aliphatic heterocycles. The van der Waals surface area contributed by atoms with Crippen LogP contribution in [0.2, 0.25) is 0 Å². The molecule has 0 unspecified atom stereocenters. The normalized spacial score (nSPS) is 10.4. The van der Waals surface area contributed by atoms with Gasteiger partial charge in [-0.1, -0.05) is 17.8 Å². The van der Waals surface area contributed by atoms with Crippen LogP contribution in [0.4, 0.5) is 0 Å². The molecule has 2 N–H and O–H groups in total. The summed E-state index contributed by atoms with van der Waals surface area (Å²) in [5.74, 6) is -1.10. The van der Waals surface area contributed by atoms with E-state index in [9.17, 15) is 9.59 Å². The third kappa shape index (κ3) is 2.98. The Kier molecular flexibility index (Phi) is 3.78. The molecule has 0 saturated heterocycles. The van der Waals surface area contributed by atoms with E-state index >= 15 is 0 Å². The number of pyridine rings is 1. The highest BCUT2D eigenvalue weighted by molar-refractivity contribution is 7.99. The summed E-state index contributed by atoms with van der Waals surface area (Å²) in [5, 5.41) is 15.0. The van der Waals surface area contributed by atoms with Gasteiger partial charge in [0.2, 0.25) is 0 Å². The van der Waals surface area contributed by atoms with Gasteiger partial charge in [0, 0.05) is 6.20 Å². The number of nitrogens with one attached hydrogen (secondary N) is 1. The van der Waals surface area contributed by atoms with Crippen molar-refractivity contribution in [1.82, 2.24) is 19.7 Å². The van der Waals surface area contributed by atoms with Crippen molar-refractivity contribution in [2.45, 2.75) is 11.7 Å². The van der Waals surface area contributed by atoms with Gasteiger partial charge in [0.25, 0.3) is 0 Å².